The summed E-state index contributed by atoms with van der Waals surface area (Å²) >= 11 is 0. The van der Waals surface area contributed by atoms with Gasteiger partial charge in [-0.15, -0.1) is 10.2 Å². The largest absolute Gasteiger partial charge is 0.352 e. The van der Waals surface area contributed by atoms with Crippen molar-refractivity contribution in [2.24, 2.45) is 5.92 Å². The van der Waals surface area contributed by atoms with Crippen LogP contribution in [0.25, 0.3) is 10.9 Å². The van der Waals surface area contributed by atoms with Crippen LogP contribution in [0.3, 0.4) is 0 Å². The fraction of sp³-hybridized carbons (Fsp3) is 0.524. The van der Waals surface area contributed by atoms with E-state index in [2.05, 4.69) is 44.1 Å². The zero-order valence-corrected chi connectivity index (χ0v) is 16.6. The summed E-state index contributed by atoms with van der Waals surface area (Å²) in [5.41, 5.74) is 2.02. The van der Waals surface area contributed by atoms with E-state index in [0.29, 0.717) is 31.3 Å². The summed E-state index contributed by atoms with van der Waals surface area (Å²) in [5.74, 6) is 2.72. The van der Waals surface area contributed by atoms with Crippen LogP contribution in [0.2, 0.25) is 0 Å². The second-order valence-electron chi connectivity index (χ2n) is 8.09. The van der Waals surface area contributed by atoms with Gasteiger partial charge in [-0.05, 0) is 30.7 Å². The average Bonchev–Trinajstić information content (AvgIpc) is 3.25. The molecule has 0 atom stereocenters. The van der Waals surface area contributed by atoms with E-state index in [4.69, 9.17) is 0 Å². The zero-order chi connectivity index (χ0) is 19.5. The van der Waals surface area contributed by atoms with Crippen molar-refractivity contribution in [3.63, 3.8) is 0 Å². The normalized spacial score (nSPS) is 14.1. The Hall–Kier alpha value is -2.70. The number of benzene rings is 1. The van der Waals surface area contributed by atoms with Crippen LogP contribution in [0.5, 0.6) is 0 Å². The molecule has 28 heavy (non-hydrogen) atoms. The third-order valence-electron chi connectivity index (χ3n) is 5.31. The number of fused-ring (bicyclic) bond motifs is 1. The Morgan fingerprint density at radius 1 is 1.25 bits per heavy atom. The molecule has 1 aliphatic rings. The third kappa shape index (κ3) is 4.24. The number of carbonyl (C=O) groups is 1. The molecule has 0 radical (unpaired) electrons. The van der Waals surface area contributed by atoms with Gasteiger partial charge in [-0.1, -0.05) is 32.0 Å². The minimum absolute atomic E-state index is 0.0330. The maximum absolute atomic E-state index is 12.4. The van der Waals surface area contributed by atoms with Gasteiger partial charge in [0.25, 0.3) is 0 Å². The lowest BCUT2D eigenvalue weighted by atomic mass is 10.1. The zero-order valence-electron chi connectivity index (χ0n) is 16.6. The second-order valence-corrected chi connectivity index (χ2v) is 8.09. The highest BCUT2D eigenvalue weighted by Gasteiger charge is 2.29. The van der Waals surface area contributed by atoms with Gasteiger partial charge < -0.3 is 9.88 Å². The molecule has 3 aromatic rings. The van der Waals surface area contributed by atoms with Crippen LogP contribution in [0.15, 0.2) is 24.4 Å². The molecule has 1 aromatic carbocycles. The van der Waals surface area contributed by atoms with E-state index in [1.54, 1.807) is 6.20 Å². The van der Waals surface area contributed by atoms with Gasteiger partial charge in [-0.25, -0.2) is 0 Å². The van der Waals surface area contributed by atoms with Crippen molar-refractivity contribution in [3.05, 3.63) is 41.6 Å². The molecule has 2 N–H and O–H groups in total. The maximum atomic E-state index is 12.4. The van der Waals surface area contributed by atoms with E-state index in [1.165, 1.54) is 12.8 Å². The lowest BCUT2D eigenvalue weighted by Crippen LogP contribution is -2.23. The molecule has 4 rings (SSSR count). The second kappa shape index (κ2) is 8.12. The molecular weight excluding hydrogens is 352 g/mol. The Bertz CT molecular complexity index is 953. The molecule has 0 bridgehead atoms. The van der Waals surface area contributed by atoms with Crippen LogP contribution in [0, 0.1) is 5.92 Å². The van der Waals surface area contributed by atoms with Gasteiger partial charge >= 0.3 is 0 Å². The van der Waals surface area contributed by atoms with E-state index in [-0.39, 0.29) is 5.91 Å². The van der Waals surface area contributed by atoms with E-state index >= 15 is 0 Å². The number of rotatable bonds is 9. The number of H-pyrrole nitrogens is 1. The molecule has 0 aliphatic heterocycles. The van der Waals surface area contributed by atoms with Gasteiger partial charge in [0.15, 0.2) is 0 Å². The lowest BCUT2D eigenvalue weighted by molar-refractivity contribution is -0.121. The van der Waals surface area contributed by atoms with E-state index in [0.717, 1.165) is 41.0 Å². The summed E-state index contributed by atoms with van der Waals surface area (Å²) in [6.45, 7) is 4.95. The molecule has 148 valence electrons. The standard InChI is InChI=1S/C21H28N6O/c1-14(2)6-9-18-24-25-19(27(18)17-7-8-17)10-11-20(28)22-12-15-4-3-5-16-13-23-26-21(15)16/h3-5,13-14,17H,6-12H2,1-2H3,(H,22,28)(H,23,26). The number of hydrogen-bond acceptors (Lipinski definition) is 4. The molecule has 2 heterocycles. The molecule has 0 saturated heterocycles. The topological polar surface area (TPSA) is 88.5 Å². The van der Waals surface area contributed by atoms with Gasteiger partial charge in [0, 0.05) is 37.2 Å². The number of amides is 1. The predicted octanol–water partition coefficient (Wildman–Crippen LogP) is 3.33. The van der Waals surface area contributed by atoms with Crippen LogP contribution in [-0.4, -0.2) is 30.9 Å². The Kier molecular flexibility index (Phi) is 5.41. The molecule has 0 spiro atoms. The summed E-state index contributed by atoms with van der Waals surface area (Å²) in [5, 5.41) is 20.0. The minimum atomic E-state index is 0.0330. The molecule has 2 aromatic heterocycles. The van der Waals surface area contributed by atoms with Crippen LogP contribution in [0.1, 0.15) is 62.8 Å². The molecule has 1 saturated carbocycles. The van der Waals surface area contributed by atoms with Crippen LogP contribution >= 0.6 is 0 Å². The van der Waals surface area contributed by atoms with Crippen molar-refractivity contribution in [2.45, 2.75) is 65.0 Å². The first-order chi connectivity index (χ1) is 13.6. The van der Waals surface area contributed by atoms with E-state index < -0.39 is 0 Å². The quantitative estimate of drug-likeness (QED) is 0.596. The number of nitrogens with zero attached hydrogens (tertiary/aromatic N) is 4. The van der Waals surface area contributed by atoms with Crippen LogP contribution in [-0.2, 0) is 24.2 Å². The number of para-hydroxylation sites is 1. The fourth-order valence-electron chi connectivity index (χ4n) is 3.56. The molecule has 0 unspecified atom stereocenters. The lowest BCUT2D eigenvalue weighted by Gasteiger charge is -2.10. The summed E-state index contributed by atoms with van der Waals surface area (Å²) in [6, 6.07) is 6.53. The van der Waals surface area contributed by atoms with Crippen molar-refractivity contribution in [3.8, 4) is 0 Å². The highest BCUT2D eigenvalue weighted by Crippen LogP contribution is 2.37. The Morgan fingerprint density at radius 2 is 2.04 bits per heavy atom. The molecular formula is C21H28N6O. The molecule has 7 nitrogen and oxygen atoms in total. The summed E-state index contributed by atoms with van der Waals surface area (Å²) in [6.07, 6.45) is 7.31. The maximum Gasteiger partial charge on any atom is 0.220 e. The molecule has 7 heteroatoms. The number of aryl methyl sites for hydroxylation is 2. The van der Waals surface area contributed by atoms with Crippen LogP contribution in [0.4, 0.5) is 0 Å². The van der Waals surface area contributed by atoms with Crippen molar-refractivity contribution in [1.82, 2.24) is 30.3 Å². The van der Waals surface area contributed by atoms with Crippen molar-refractivity contribution in [2.75, 3.05) is 0 Å². The average molecular weight is 380 g/mol. The summed E-state index contributed by atoms with van der Waals surface area (Å²) < 4.78 is 2.29. The van der Waals surface area contributed by atoms with Gasteiger partial charge in [0.05, 0.1) is 11.7 Å². The first kappa shape index (κ1) is 18.7. The van der Waals surface area contributed by atoms with Crippen LogP contribution < -0.4 is 5.32 Å². The Labute approximate surface area is 164 Å². The highest BCUT2D eigenvalue weighted by molar-refractivity contribution is 5.82. The minimum Gasteiger partial charge on any atom is -0.352 e. The smallest absolute Gasteiger partial charge is 0.220 e. The molecule has 1 amide bonds. The van der Waals surface area contributed by atoms with Gasteiger partial charge in [-0.3, -0.25) is 9.89 Å². The number of nitrogens with one attached hydrogen (secondary N) is 2. The number of hydrogen-bond donors (Lipinski definition) is 2. The molecule has 1 fully saturated rings. The van der Waals surface area contributed by atoms with Crippen molar-refractivity contribution >= 4 is 16.8 Å². The summed E-state index contributed by atoms with van der Waals surface area (Å²) in [4.78, 5) is 12.4. The van der Waals surface area contributed by atoms with E-state index in [9.17, 15) is 4.79 Å². The first-order valence-electron chi connectivity index (χ1n) is 10.2. The van der Waals surface area contributed by atoms with Gasteiger partial charge in [0.2, 0.25) is 5.91 Å². The van der Waals surface area contributed by atoms with Gasteiger partial charge in [0.1, 0.15) is 11.6 Å². The predicted molar refractivity (Wildman–Crippen MR) is 108 cm³/mol. The van der Waals surface area contributed by atoms with E-state index in [1.807, 2.05) is 18.2 Å². The molecule has 1 aliphatic carbocycles. The SMILES string of the molecule is CC(C)CCc1nnc(CCC(=O)NCc2cccc3cn[nH]c23)n1C1CC1. The first-order valence-corrected chi connectivity index (χ1v) is 10.2. The number of aromatic nitrogens is 5. The van der Waals surface area contributed by atoms with Crippen molar-refractivity contribution < 1.29 is 4.79 Å². The fourth-order valence-corrected chi connectivity index (χ4v) is 3.56. The Morgan fingerprint density at radius 3 is 2.79 bits per heavy atom. The summed E-state index contributed by atoms with van der Waals surface area (Å²) in [7, 11) is 0. The third-order valence-corrected chi connectivity index (χ3v) is 5.31. The Balaban J connectivity index is 1.34. The van der Waals surface area contributed by atoms with Crippen molar-refractivity contribution in [1.29, 1.82) is 0 Å². The number of carbonyl (C=O) groups excluding carboxylic acids is 1. The van der Waals surface area contributed by atoms with Gasteiger partial charge in [-0.2, -0.15) is 5.10 Å². The highest BCUT2D eigenvalue weighted by atomic mass is 16.1. The number of aromatic amines is 1. The monoisotopic (exact) mass is 380 g/mol.